The molecule has 3 N–H and O–H groups in total. The Morgan fingerprint density at radius 2 is 1.95 bits per heavy atom. The van der Waals surface area contributed by atoms with Crippen molar-refractivity contribution in [1.29, 1.82) is 0 Å². The number of hydrogen-bond acceptors (Lipinski definition) is 3. The van der Waals surface area contributed by atoms with Crippen LogP contribution >= 0.6 is 11.6 Å². The molecule has 19 heavy (non-hydrogen) atoms. The predicted molar refractivity (Wildman–Crippen MR) is 80.9 cm³/mol. The minimum absolute atomic E-state index is 0.0584. The van der Waals surface area contributed by atoms with Crippen LogP contribution in [0.1, 0.15) is 18.5 Å². The molecule has 4 heteroatoms. The monoisotopic (exact) mass is 276 g/mol. The van der Waals surface area contributed by atoms with Gasteiger partial charge in [0.2, 0.25) is 0 Å². The first-order valence-electron chi connectivity index (χ1n) is 6.06. The van der Waals surface area contributed by atoms with Gasteiger partial charge in [-0.25, -0.2) is 0 Å². The summed E-state index contributed by atoms with van der Waals surface area (Å²) in [5.74, 6) is 0.767. The van der Waals surface area contributed by atoms with Gasteiger partial charge in [-0.3, -0.25) is 0 Å². The fourth-order valence-electron chi connectivity index (χ4n) is 1.92. The molecule has 0 aliphatic carbocycles. The lowest BCUT2D eigenvalue weighted by Crippen LogP contribution is -2.09. The normalized spacial score (nSPS) is 11.9. The van der Waals surface area contributed by atoms with Crippen molar-refractivity contribution in [2.75, 3.05) is 18.2 Å². The highest BCUT2D eigenvalue weighted by molar-refractivity contribution is 6.31. The molecular formula is C15H17ClN2O. The average molecular weight is 277 g/mol. The number of benzene rings is 2. The summed E-state index contributed by atoms with van der Waals surface area (Å²) in [7, 11) is 1.63. The van der Waals surface area contributed by atoms with Gasteiger partial charge in [0.05, 0.1) is 24.5 Å². The first kappa shape index (κ1) is 13.6. The molecule has 0 aliphatic rings. The number of methoxy groups -OCH3 is 1. The van der Waals surface area contributed by atoms with Gasteiger partial charge in [0.15, 0.2) is 0 Å². The van der Waals surface area contributed by atoms with Crippen LogP contribution in [0.2, 0.25) is 5.02 Å². The Morgan fingerprint density at radius 1 is 1.21 bits per heavy atom. The fraction of sp³-hybridized carbons (Fsp3) is 0.200. The van der Waals surface area contributed by atoms with E-state index in [1.54, 1.807) is 7.11 Å². The summed E-state index contributed by atoms with van der Waals surface area (Å²) < 4.78 is 5.20. The highest BCUT2D eigenvalue weighted by Crippen LogP contribution is 2.30. The van der Waals surface area contributed by atoms with Gasteiger partial charge < -0.3 is 15.8 Å². The standard InChI is InChI=1S/C15H17ClN2O/c1-10(12-5-3-4-6-13(12)16)18-15-9-11(19-2)7-8-14(15)17/h3-10,18H,17H2,1-2H3. The van der Waals surface area contributed by atoms with Crippen LogP contribution in [-0.4, -0.2) is 7.11 Å². The van der Waals surface area contributed by atoms with Crippen LogP contribution < -0.4 is 15.8 Å². The van der Waals surface area contributed by atoms with Gasteiger partial charge in [-0.05, 0) is 30.7 Å². The second-order valence-corrected chi connectivity index (χ2v) is 4.75. The molecule has 0 radical (unpaired) electrons. The number of halogens is 1. The summed E-state index contributed by atoms with van der Waals surface area (Å²) in [5.41, 5.74) is 8.51. The molecular weight excluding hydrogens is 260 g/mol. The molecule has 2 aromatic carbocycles. The summed E-state index contributed by atoms with van der Waals surface area (Å²) in [6, 6.07) is 13.3. The van der Waals surface area contributed by atoms with Crippen molar-refractivity contribution in [3.63, 3.8) is 0 Å². The van der Waals surface area contributed by atoms with Crippen LogP contribution in [0, 0.1) is 0 Å². The van der Waals surface area contributed by atoms with Crippen LogP contribution in [0.4, 0.5) is 11.4 Å². The van der Waals surface area contributed by atoms with Crippen molar-refractivity contribution in [3.05, 3.63) is 53.1 Å². The molecule has 2 aromatic rings. The molecule has 1 atom stereocenters. The van der Waals surface area contributed by atoms with E-state index in [1.165, 1.54) is 0 Å². The zero-order chi connectivity index (χ0) is 13.8. The third kappa shape index (κ3) is 3.12. The second kappa shape index (κ2) is 5.85. The predicted octanol–water partition coefficient (Wildman–Crippen LogP) is 4.10. The van der Waals surface area contributed by atoms with Crippen LogP contribution in [0.5, 0.6) is 5.75 Å². The van der Waals surface area contributed by atoms with Crippen molar-refractivity contribution in [2.24, 2.45) is 0 Å². The summed E-state index contributed by atoms with van der Waals surface area (Å²) >= 11 is 6.19. The lowest BCUT2D eigenvalue weighted by Gasteiger charge is -2.18. The van der Waals surface area contributed by atoms with Crippen molar-refractivity contribution >= 4 is 23.0 Å². The summed E-state index contributed by atoms with van der Waals surface area (Å²) in [6.07, 6.45) is 0. The van der Waals surface area contributed by atoms with E-state index in [0.717, 1.165) is 22.0 Å². The molecule has 0 spiro atoms. The maximum Gasteiger partial charge on any atom is 0.121 e. The SMILES string of the molecule is COc1ccc(N)c(NC(C)c2ccccc2Cl)c1. The molecule has 100 valence electrons. The largest absolute Gasteiger partial charge is 0.497 e. The maximum absolute atomic E-state index is 6.19. The number of hydrogen-bond donors (Lipinski definition) is 2. The highest BCUT2D eigenvalue weighted by Gasteiger charge is 2.10. The van der Waals surface area contributed by atoms with Crippen molar-refractivity contribution in [3.8, 4) is 5.75 Å². The van der Waals surface area contributed by atoms with E-state index in [2.05, 4.69) is 5.32 Å². The summed E-state index contributed by atoms with van der Waals surface area (Å²) in [6.45, 7) is 2.04. The van der Waals surface area contributed by atoms with Crippen molar-refractivity contribution in [2.45, 2.75) is 13.0 Å². The van der Waals surface area contributed by atoms with Gasteiger partial charge in [-0.15, -0.1) is 0 Å². The molecule has 0 saturated carbocycles. The third-order valence-corrected chi connectivity index (χ3v) is 3.35. The van der Waals surface area contributed by atoms with Crippen LogP contribution in [0.25, 0.3) is 0 Å². The highest BCUT2D eigenvalue weighted by atomic mass is 35.5. The Labute approximate surface area is 118 Å². The van der Waals surface area contributed by atoms with Crippen molar-refractivity contribution < 1.29 is 4.74 Å². The summed E-state index contributed by atoms with van der Waals surface area (Å²) in [5, 5.41) is 4.09. The lowest BCUT2D eigenvalue weighted by molar-refractivity contribution is 0.415. The molecule has 0 aliphatic heterocycles. The van der Waals surface area contributed by atoms with Gasteiger partial charge in [0.1, 0.15) is 5.75 Å². The number of ether oxygens (including phenoxy) is 1. The minimum Gasteiger partial charge on any atom is -0.497 e. The van der Waals surface area contributed by atoms with Crippen LogP contribution in [0.15, 0.2) is 42.5 Å². The van der Waals surface area contributed by atoms with E-state index < -0.39 is 0 Å². The molecule has 0 fully saturated rings. The molecule has 0 heterocycles. The van der Waals surface area contributed by atoms with Crippen LogP contribution in [0.3, 0.4) is 0 Å². The number of rotatable bonds is 4. The zero-order valence-corrected chi connectivity index (χ0v) is 11.7. The Morgan fingerprint density at radius 3 is 2.63 bits per heavy atom. The van der Waals surface area contributed by atoms with E-state index in [0.29, 0.717) is 5.69 Å². The van der Waals surface area contributed by atoms with Gasteiger partial charge in [-0.1, -0.05) is 29.8 Å². The Balaban J connectivity index is 2.24. The minimum atomic E-state index is 0.0584. The maximum atomic E-state index is 6.19. The molecule has 2 rings (SSSR count). The topological polar surface area (TPSA) is 47.3 Å². The van der Waals surface area contributed by atoms with E-state index in [9.17, 15) is 0 Å². The lowest BCUT2D eigenvalue weighted by atomic mass is 10.1. The molecule has 0 amide bonds. The van der Waals surface area contributed by atoms with E-state index in [1.807, 2.05) is 49.4 Å². The Kier molecular flexibility index (Phi) is 4.17. The Hall–Kier alpha value is -1.87. The van der Waals surface area contributed by atoms with Crippen molar-refractivity contribution in [1.82, 2.24) is 0 Å². The molecule has 0 saturated heterocycles. The number of nitrogen functional groups attached to an aromatic ring is 1. The molecule has 1 unspecified atom stereocenters. The molecule has 0 bridgehead atoms. The van der Waals surface area contributed by atoms with Gasteiger partial charge in [0.25, 0.3) is 0 Å². The second-order valence-electron chi connectivity index (χ2n) is 4.34. The quantitative estimate of drug-likeness (QED) is 0.827. The number of nitrogens with one attached hydrogen (secondary N) is 1. The molecule has 0 aromatic heterocycles. The van der Waals surface area contributed by atoms with Gasteiger partial charge in [-0.2, -0.15) is 0 Å². The Bertz CT molecular complexity index is 572. The van der Waals surface area contributed by atoms with E-state index in [4.69, 9.17) is 22.1 Å². The summed E-state index contributed by atoms with van der Waals surface area (Å²) in [4.78, 5) is 0. The fourth-order valence-corrected chi connectivity index (χ4v) is 2.22. The zero-order valence-electron chi connectivity index (χ0n) is 11.0. The van der Waals surface area contributed by atoms with E-state index >= 15 is 0 Å². The average Bonchev–Trinajstić information content (AvgIpc) is 2.41. The number of anilines is 2. The van der Waals surface area contributed by atoms with E-state index in [-0.39, 0.29) is 6.04 Å². The first-order valence-corrected chi connectivity index (χ1v) is 6.44. The molecule has 3 nitrogen and oxygen atoms in total. The van der Waals surface area contributed by atoms with Gasteiger partial charge >= 0.3 is 0 Å². The van der Waals surface area contributed by atoms with Crippen LogP contribution in [-0.2, 0) is 0 Å². The smallest absolute Gasteiger partial charge is 0.121 e. The number of nitrogens with two attached hydrogens (primary N) is 1. The van der Waals surface area contributed by atoms with Gasteiger partial charge in [0, 0.05) is 11.1 Å². The third-order valence-electron chi connectivity index (χ3n) is 3.00. The first-order chi connectivity index (χ1) is 9.11.